The molecule has 6 N–H and O–H groups in total. The number of hydrogen-bond donors (Lipinski definition) is 6. The molecule has 8 heteroatoms. The number of rotatable bonds is 7. The first-order valence-corrected chi connectivity index (χ1v) is 5.39. The van der Waals surface area contributed by atoms with Gasteiger partial charge in [-0.25, -0.2) is 4.98 Å². The molecule has 0 radical (unpaired) electrons. The third-order valence-electron chi connectivity index (χ3n) is 2.38. The van der Waals surface area contributed by atoms with Crippen LogP contribution in [-0.2, 0) is 0 Å². The van der Waals surface area contributed by atoms with Crippen LogP contribution in [0.25, 0.3) is 0 Å². The first-order valence-electron chi connectivity index (χ1n) is 5.39. The van der Waals surface area contributed by atoms with E-state index in [0.29, 0.717) is 5.82 Å². The van der Waals surface area contributed by atoms with Crippen molar-refractivity contribution in [2.75, 3.05) is 18.5 Å². The Labute approximate surface area is 104 Å². The van der Waals surface area contributed by atoms with Crippen LogP contribution in [0.2, 0.25) is 0 Å². The van der Waals surface area contributed by atoms with Crippen LogP contribution in [0.5, 0.6) is 0 Å². The molecule has 1 aromatic heterocycles. The summed E-state index contributed by atoms with van der Waals surface area (Å²) in [4.78, 5) is 7.68. The first kappa shape index (κ1) is 14.7. The fourth-order valence-corrected chi connectivity index (χ4v) is 1.28. The Morgan fingerprint density at radius 1 is 1.06 bits per heavy atom. The SMILES string of the molecule is OC[C@@H](O)[C@@H](O)[C@H](O)[C@H](O)CNc1cnccn1. The van der Waals surface area contributed by atoms with Gasteiger partial charge in [-0.2, -0.15) is 0 Å². The molecule has 102 valence electrons. The fourth-order valence-electron chi connectivity index (χ4n) is 1.28. The summed E-state index contributed by atoms with van der Waals surface area (Å²) in [6, 6.07) is 0. The van der Waals surface area contributed by atoms with Crippen molar-refractivity contribution < 1.29 is 25.5 Å². The van der Waals surface area contributed by atoms with Gasteiger partial charge in [0.2, 0.25) is 0 Å². The summed E-state index contributed by atoms with van der Waals surface area (Å²) in [6.07, 6.45) is -1.69. The highest BCUT2D eigenvalue weighted by atomic mass is 16.4. The summed E-state index contributed by atoms with van der Waals surface area (Å²) >= 11 is 0. The van der Waals surface area contributed by atoms with Crippen molar-refractivity contribution in [2.24, 2.45) is 0 Å². The lowest BCUT2D eigenvalue weighted by molar-refractivity contribution is -0.111. The summed E-state index contributed by atoms with van der Waals surface area (Å²) in [5.41, 5.74) is 0. The minimum Gasteiger partial charge on any atom is -0.394 e. The number of aromatic nitrogens is 2. The lowest BCUT2D eigenvalue weighted by Crippen LogP contribution is -2.48. The van der Waals surface area contributed by atoms with Crippen LogP contribution >= 0.6 is 0 Å². The van der Waals surface area contributed by atoms with Crippen molar-refractivity contribution in [3.63, 3.8) is 0 Å². The van der Waals surface area contributed by atoms with Gasteiger partial charge in [-0.3, -0.25) is 4.98 Å². The molecule has 1 aromatic rings. The molecule has 4 atom stereocenters. The molecule has 0 fully saturated rings. The molecule has 0 unspecified atom stereocenters. The first-order chi connectivity index (χ1) is 8.56. The van der Waals surface area contributed by atoms with E-state index in [-0.39, 0.29) is 6.54 Å². The van der Waals surface area contributed by atoms with E-state index < -0.39 is 31.0 Å². The minimum absolute atomic E-state index is 0.0882. The van der Waals surface area contributed by atoms with Crippen LogP contribution in [0.4, 0.5) is 5.82 Å². The number of aliphatic hydroxyl groups is 5. The third kappa shape index (κ3) is 4.17. The normalized spacial score (nSPS) is 17.8. The van der Waals surface area contributed by atoms with E-state index in [0.717, 1.165) is 0 Å². The van der Waals surface area contributed by atoms with Gasteiger partial charge in [-0.05, 0) is 0 Å². The quantitative estimate of drug-likeness (QED) is 0.311. The Bertz CT molecular complexity index is 340. The van der Waals surface area contributed by atoms with Crippen molar-refractivity contribution in [3.8, 4) is 0 Å². The summed E-state index contributed by atoms with van der Waals surface area (Å²) in [7, 11) is 0. The molecule has 0 aliphatic carbocycles. The van der Waals surface area contributed by atoms with Crippen LogP contribution in [0.1, 0.15) is 0 Å². The van der Waals surface area contributed by atoms with Crippen LogP contribution in [0.3, 0.4) is 0 Å². The van der Waals surface area contributed by atoms with E-state index in [9.17, 15) is 15.3 Å². The predicted octanol–water partition coefficient (Wildman–Crippen LogP) is -2.68. The zero-order valence-corrected chi connectivity index (χ0v) is 9.59. The number of anilines is 1. The maximum atomic E-state index is 9.58. The van der Waals surface area contributed by atoms with Crippen LogP contribution in [0.15, 0.2) is 18.6 Å². The largest absolute Gasteiger partial charge is 0.394 e. The number of hydrogen-bond acceptors (Lipinski definition) is 8. The van der Waals surface area contributed by atoms with Gasteiger partial charge in [0.05, 0.1) is 18.9 Å². The van der Waals surface area contributed by atoms with E-state index >= 15 is 0 Å². The van der Waals surface area contributed by atoms with Crippen LogP contribution in [0, 0.1) is 0 Å². The standard InChI is InChI=1S/C10H17N3O5/c14-5-7(16)10(18)9(17)6(15)3-13-8-4-11-1-2-12-8/h1-2,4,6-7,9-10,14-18H,3,5H2,(H,12,13)/t6-,7-,9-,10-/m1/s1. The molecule has 0 aromatic carbocycles. The average molecular weight is 259 g/mol. The molecule has 0 saturated heterocycles. The molecule has 8 nitrogen and oxygen atoms in total. The molecule has 0 bridgehead atoms. The topological polar surface area (TPSA) is 139 Å². The number of aliphatic hydroxyl groups excluding tert-OH is 5. The average Bonchev–Trinajstić information content (AvgIpc) is 2.43. The Morgan fingerprint density at radius 2 is 1.72 bits per heavy atom. The van der Waals surface area contributed by atoms with Crippen molar-refractivity contribution in [2.45, 2.75) is 24.4 Å². The zero-order valence-electron chi connectivity index (χ0n) is 9.59. The molecule has 0 amide bonds. The van der Waals surface area contributed by atoms with Gasteiger partial charge in [0.25, 0.3) is 0 Å². The van der Waals surface area contributed by atoms with E-state index in [1.807, 2.05) is 0 Å². The molecule has 0 aliphatic rings. The van der Waals surface area contributed by atoms with E-state index in [1.165, 1.54) is 18.6 Å². The lowest BCUT2D eigenvalue weighted by atomic mass is 10.0. The van der Waals surface area contributed by atoms with Crippen molar-refractivity contribution in [1.82, 2.24) is 9.97 Å². The van der Waals surface area contributed by atoms with E-state index in [4.69, 9.17) is 10.2 Å². The molecule has 0 aliphatic heterocycles. The second-order valence-corrected chi connectivity index (χ2v) is 3.77. The van der Waals surface area contributed by atoms with E-state index in [2.05, 4.69) is 15.3 Å². The summed E-state index contributed by atoms with van der Waals surface area (Å²) in [6.45, 7) is -0.794. The summed E-state index contributed by atoms with van der Waals surface area (Å²) in [5.74, 6) is 0.404. The molecular formula is C10H17N3O5. The van der Waals surface area contributed by atoms with Gasteiger partial charge in [0.1, 0.15) is 24.1 Å². The Hall–Kier alpha value is -1.32. The molecular weight excluding hydrogens is 242 g/mol. The maximum Gasteiger partial charge on any atom is 0.144 e. The molecule has 0 saturated carbocycles. The summed E-state index contributed by atoms with van der Waals surface area (Å²) in [5, 5.41) is 48.9. The van der Waals surface area contributed by atoms with Crippen molar-refractivity contribution in [3.05, 3.63) is 18.6 Å². The Balaban J connectivity index is 2.42. The van der Waals surface area contributed by atoms with Gasteiger partial charge < -0.3 is 30.8 Å². The number of nitrogens with one attached hydrogen (secondary N) is 1. The third-order valence-corrected chi connectivity index (χ3v) is 2.38. The zero-order chi connectivity index (χ0) is 13.5. The second kappa shape index (κ2) is 7.19. The Morgan fingerprint density at radius 3 is 2.28 bits per heavy atom. The highest BCUT2D eigenvalue weighted by molar-refractivity contribution is 5.29. The van der Waals surface area contributed by atoms with Gasteiger partial charge >= 0.3 is 0 Å². The smallest absolute Gasteiger partial charge is 0.144 e. The van der Waals surface area contributed by atoms with Crippen molar-refractivity contribution >= 4 is 5.82 Å². The minimum atomic E-state index is -1.63. The van der Waals surface area contributed by atoms with Gasteiger partial charge in [-0.15, -0.1) is 0 Å². The molecule has 0 spiro atoms. The summed E-state index contributed by atoms with van der Waals surface area (Å²) < 4.78 is 0. The lowest BCUT2D eigenvalue weighted by Gasteiger charge is -2.25. The van der Waals surface area contributed by atoms with E-state index in [1.54, 1.807) is 0 Å². The fraction of sp³-hybridized carbons (Fsp3) is 0.600. The highest BCUT2D eigenvalue weighted by Gasteiger charge is 2.29. The molecule has 1 rings (SSSR count). The predicted molar refractivity (Wildman–Crippen MR) is 61.6 cm³/mol. The van der Waals surface area contributed by atoms with Gasteiger partial charge in [0.15, 0.2) is 0 Å². The molecule has 1 heterocycles. The van der Waals surface area contributed by atoms with Crippen LogP contribution < -0.4 is 5.32 Å². The highest BCUT2D eigenvalue weighted by Crippen LogP contribution is 2.06. The number of nitrogens with zero attached hydrogens (tertiary/aromatic N) is 2. The monoisotopic (exact) mass is 259 g/mol. The second-order valence-electron chi connectivity index (χ2n) is 3.77. The van der Waals surface area contributed by atoms with Gasteiger partial charge in [0, 0.05) is 18.9 Å². The van der Waals surface area contributed by atoms with Crippen LogP contribution in [-0.4, -0.2) is 73.1 Å². The maximum absolute atomic E-state index is 9.58. The molecule has 18 heavy (non-hydrogen) atoms. The van der Waals surface area contributed by atoms with Crippen molar-refractivity contribution in [1.29, 1.82) is 0 Å². The van der Waals surface area contributed by atoms with Gasteiger partial charge in [-0.1, -0.05) is 0 Å². The Kier molecular flexibility index (Phi) is 5.89.